The van der Waals surface area contributed by atoms with Crippen LogP contribution in [0.5, 0.6) is 0 Å². The molecule has 0 bridgehead atoms. The van der Waals surface area contributed by atoms with Crippen molar-refractivity contribution >= 4 is 39.6 Å². The molecule has 3 aromatic rings. The van der Waals surface area contributed by atoms with E-state index in [-0.39, 0.29) is 0 Å². The Morgan fingerprint density at radius 2 is 2.33 bits per heavy atom. The molecule has 0 aromatic carbocycles. The van der Waals surface area contributed by atoms with Crippen molar-refractivity contribution in [1.29, 1.82) is 0 Å². The minimum atomic E-state index is 0.572. The van der Waals surface area contributed by atoms with Crippen molar-refractivity contribution in [3.63, 3.8) is 0 Å². The summed E-state index contributed by atoms with van der Waals surface area (Å²) in [5, 5.41) is 18.3. The lowest BCUT2D eigenvalue weighted by Gasteiger charge is -1.95. The highest BCUT2D eigenvalue weighted by Gasteiger charge is 2.11. The van der Waals surface area contributed by atoms with E-state index >= 15 is 0 Å². The van der Waals surface area contributed by atoms with Gasteiger partial charge in [-0.2, -0.15) is 4.98 Å². The van der Waals surface area contributed by atoms with Gasteiger partial charge in [0.1, 0.15) is 0 Å². The highest BCUT2D eigenvalue weighted by molar-refractivity contribution is 8.00. The van der Waals surface area contributed by atoms with Gasteiger partial charge in [0.25, 0.3) is 5.89 Å². The van der Waals surface area contributed by atoms with Gasteiger partial charge in [-0.15, -0.1) is 21.5 Å². The van der Waals surface area contributed by atoms with Crippen molar-refractivity contribution in [2.45, 2.75) is 23.4 Å². The molecule has 3 heterocycles. The van der Waals surface area contributed by atoms with Gasteiger partial charge in [-0.05, 0) is 17.9 Å². The molecule has 6 nitrogen and oxygen atoms in total. The first-order valence-corrected chi connectivity index (χ1v) is 9.10. The van der Waals surface area contributed by atoms with Crippen LogP contribution in [0, 0.1) is 0 Å². The van der Waals surface area contributed by atoms with Crippen LogP contribution in [-0.4, -0.2) is 26.9 Å². The molecule has 0 fully saturated rings. The molecular weight excluding hydrogens is 326 g/mol. The van der Waals surface area contributed by atoms with Crippen molar-refractivity contribution < 1.29 is 4.52 Å². The average molecular weight is 339 g/mol. The molecule has 110 valence electrons. The third-order valence-corrected chi connectivity index (χ3v) is 5.33. The van der Waals surface area contributed by atoms with E-state index in [0.29, 0.717) is 17.5 Å². The first-order chi connectivity index (χ1) is 10.3. The number of anilines is 1. The summed E-state index contributed by atoms with van der Waals surface area (Å²) in [6.45, 7) is 3.03. The lowest BCUT2D eigenvalue weighted by molar-refractivity contribution is 0.426. The Morgan fingerprint density at radius 1 is 1.38 bits per heavy atom. The first kappa shape index (κ1) is 14.5. The van der Waals surface area contributed by atoms with E-state index in [4.69, 9.17) is 4.52 Å². The largest absolute Gasteiger partial charge is 0.360 e. The monoisotopic (exact) mass is 339 g/mol. The molecule has 1 N–H and O–H groups in total. The fraction of sp³-hybridized carbons (Fsp3) is 0.333. The molecule has 21 heavy (non-hydrogen) atoms. The molecule has 0 radical (unpaired) electrons. The third kappa shape index (κ3) is 3.80. The molecule has 0 saturated carbocycles. The summed E-state index contributed by atoms with van der Waals surface area (Å²) in [4.78, 5) is 5.36. The molecular formula is C12H13N5OS3. The maximum atomic E-state index is 5.25. The van der Waals surface area contributed by atoms with Crippen LogP contribution in [0.3, 0.4) is 0 Å². The second-order valence-electron chi connectivity index (χ2n) is 4.08. The van der Waals surface area contributed by atoms with Crippen molar-refractivity contribution in [3.05, 3.63) is 23.3 Å². The highest BCUT2D eigenvalue weighted by Crippen LogP contribution is 2.29. The van der Waals surface area contributed by atoms with Crippen molar-refractivity contribution in [2.75, 3.05) is 11.9 Å². The van der Waals surface area contributed by atoms with E-state index in [1.807, 2.05) is 17.5 Å². The van der Waals surface area contributed by atoms with Crippen LogP contribution in [0.15, 0.2) is 26.4 Å². The van der Waals surface area contributed by atoms with Gasteiger partial charge in [0.15, 0.2) is 10.2 Å². The van der Waals surface area contributed by atoms with E-state index in [2.05, 4.69) is 32.6 Å². The molecule has 0 atom stereocenters. The molecule has 0 aliphatic heterocycles. The van der Waals surface area contributed by atoms with Gasteiger partial charge in [-0.25, -0.2) is 0 Å². The van der Waals surface area contributed by atoms with Crippen molar-refractivity contribution in [3.8, 4) is 10.8 Å². The number of nitrogens with zero attached hydrogens (tertiary/aromatic N) is 4. The van der Waals surface area contributed by atoms with Crippen molar-refractivity contribution in [1.82, 2.24) is 20.3 Å². The number of nitrogens with one attached hydrogen (secondary N) is 1. The number of thiophene rings is 1. The summed E-state index contributed by atoms with van der Waals surface area (Å²) in [6, 6.07) is 3.93. The Bertz CT molecular complexity index is 679. The summed E-state index contributed by atoms with van der Waals surface area (Å²) in [5.74, 6) is 1.86. The number of hydrogen-bond acceptors (Lipinski definition) is 9. The second-order valence-corrected chi connectivity index (χ2v) is 7.23. The van der Waals surface area contributed by atoms with Crippen molar-refractivity contribution in [2.24, 2.45) is 0 Å². The van der Waals surface area contributed by atoms with Crippen LogP contribution in [0.2, 0.25) is 0 Å². The van der Waals surface area contributed by atoms with E-state index in [0.717, 1.165) is 27.3 Å². The summed E-state index contributed by atoms with van der Waals surface area (Å²) < 4.78 is 6.15. The van der Waals surface area contributed by atoms with Gasteiger partial charge in [-0.3, -0.25) is 0 Å². The summed E-state index contributed by atoms with van der Waals surface area (Å²) in [6.07, 6.45) is 1.07. The molecule has 0 amide bonds. The lowest BCUT2D eigenvalue weighted by Crippen LogP contribution is -1.98. The van der Waals surface area contributed by atoms with Crippen LogP contribution in [0.1, 0.15) is 19.2 Å². The van der Waals surface area contributed by atoms with Gasteiger partial charge < -0.3 is 9.84 Å². The topological polar surface area (TPSA) is 76.7 Å². The zero-order valence-corrected chi connectivity index (χ0v) is 13.7. The molecule has 3 aromatic heterocycles. The number of rotatable bonds is 7. The van der Waals surface area contributed by atoms with Crippen LogP contribution in [-0.2, 0) is 5.75 Å². The number of hydrogen-bond donors (Lipinski definition) is 1. The van der Waals surface area contributed by atoms with Crippen LogP contribution in [0.4, 0.5) is 5.13 Å². The molecule has 0 saturated heterocycles. The zero-order valence-electron chi connectivity index (χ0n) is 11.3. The average Bonchev–Trinajstić information content (AvgIpc) is 3.22. The number of thioether (sulfide) groups is 1. The van der Waals surface area contributed by atoms with E-state index in [1.54, 1.807) is 34.4 Å². The normalized spacial score (nSPS) is 10.9. The van der Waals surface area contributed by atoms with E-state index < -0.39 is 0 Å². The van der Waals surface area contributed by atoms with Crippen LogP contribution < -0.4 is 5.32 Å². The first-order valence-electron chi connectivity index (χ1n) is 6.42. The Labute approximate surface area is 134 Å². The minimum absolute atomic E-state index is 0.572. The van der Waals surface area contributed by atoms with Gasteiger partial charge in [0, 0.05) is 6.54 Å². The Hall–Kier alpha value is -1.45. The van der Waals surface area contributed by atoms with Gasteiger partial charge in [0.2, 0.25) is 5.13 Å². The second kappa shape index (κ2) is 7.01. The van der Waals surface area contributed by atoms with E-state index in [1.165, 1.54) is 0 Å². The fourth-order valence-electron chi connectivity index (χ4n) is 1.51. The minimum Gasteiger partial charge on any atom is -0.360 e. The van der Waals surface area contributed by atoms with Crippen LogP contribution >= 0.6 is 34.4 Å². The van der Waals surface area contributed by atoms with Gasteiger partial charge >= 0.3 is 0 Å². The van der Waals surface area contributed by atoms with Gasteiger partial charge in [-0.1, -0.05) is 41.2 Å². The molecule has 3 rings (SSSR count). The predicted octanol–water partition coefficient (Wildman–Crippen LogP) is 3.76. The lowest BCUT2D eigenvalue weighted by atomic mass is 10.5. The molecule has 0 aliphatic carbocycles. The summed E-state index contributed by atoms with van der Waals surface area (Å²) >= 11 is 4.69. The molecule has 0 aliphatic rings. The summed E-state index contributed by atoms with van der Waals surface area (Å²) in [7, 11) is 0. The molecule has 0 unspecified atom stereocenters. The van der Waals surface area contributed by atoms with Crippen LogP contribution in [0.25, 0.3) is 10.8 Å². The smallest absolute Gasteiger partial charge is 0.268 e. The van der Waals surface area contributed by atoms with Gasteiger partial charge in [0.05, 0.1) is 10.6 Å². The Balaban J connectivity index is 1.56. The predicted molar refractivity (Wildman–Crippen MR) is 85.9 cm³/mol. The quantitative estimate of drug-likeness (QED) is 0.657. The standard InChI is InChI=1S/C12H13N5OS3/c1-2-5-13-11-15-16-12(21-11)20-7-9-14-10(18-17-9)8-4-3-6-19-8/h3-4,6H,2,5,7H2,1H3,(H,13,15). The van der Waals surface area contributed by atoms with E-state index in [9.17, 15) is 0 Å². The SMILES string of the molecule is CCCNc1nnc(SCc2noc(-c3cccs3)n2)s1. The Morgan fingerprint density at radius 3 is 3.14 bits per heavy atom. The maximum absolute atomic E-state index is 5.25. The molecule has 9 heteroatoms. The maximum Gasteiger partial charge on any atom is 0.268 e. The number of aromatic nitrogens is 4. The fourth-order valence-corrected chi connectivity index (χ4v) is 3.78. The Kier molecular flexibility index (Phi) is 4.84. The highest BCUT2D eigenvalue weighted by atomic mass is 32.2. The molecule has 0 spiro atoms. The summed E-state index contributed by atoms with van der Waals surface area (Å²) in [5.41, 5.74) is 0. The zero-order chi connectivity index (χ0) is 14.5. The third-order valence-electron chi connectivity index (χ3n) is 2.46.